The second-order valence-electron chi connectivity index (χ2n) is 5.58. The van der Waals surface area contributed by atoms with Gasteiger partial charge in [0, 0.05) is 0 Å². The minimum atomic E-state index is -1.37. The topological polar surface area (TPSA) is 118 Å². The van der Waals surface area contributed by atoms with Crippen molar-refractivity contribution in [2.75, 3.05) is 0 Å². The smallest absolute Gasteiger partial charge is 0.238 e. The molecule has 2 amide bonds. The summed E-state index contributed by atoms with van der Waals surface area (Å²) in [5, 5.41) is 5.11. The molecule has 1 aliphatic heterocycles. The van der Waals surface area contributed by atoms with Gasteiger partial charge in [0.1, 0.15) is 23.4 Å². The van der Waals surface area contributed by atoms with Crippen molar-refractivity contribution in [2.45, 2.75) is 13.8 Å². The molecule has 2 aromatic rings. The standard InChI is InChI=1S/C16H14N4O4S/c1-7(21)11-12(8(2)22)14(24)19-15(18-13(11)23)20-16-17-9-5-3-4-6-10(9)25-16/h3-6,11-12H,1-2H3,(H2,17,18,19,20,23,24)/t11-,12+. The fourth-order valence-corrected chi connectivity index (χ4v) is 3.46. The molecule has 0 radical (unpaired) electrons. The number of nitrogens with one attached hydrogen (secondary N) is 2. The highest BCUT2D eigenvalue weighted by molar-refractivity contribution is 7.22. The lowest BCUT2D eigenvalue weighted by Gasteiger charge is -2.15. The average molecular weight is 358 g/mol. The molecule has 3 rings (SSSR count). The Morgan fingerprint density at radius 3 is 2.12 bits per heavy atom. The number of hydrogen-bond donors (Lipinski definition) is 2. The molecule has 1 aliphatic rings. The molecule has 1 fully saturated rings. The van der Waals surface area contributed by atoms with Crippen LogP contribution in [0.3, 0.4) is 0 Å². The number of hydrogen-bond acceptors (Lipinski definition) is 7. The van der Waals surface area contributed by atoms with E-state index in [1.54, 1.807) is 0 Å². The summed E-state index contributed by atoms with van der Waals surface area (Å²) in [6.45, 7) is 2.34. The maximum atomic E-state index is 12.3. The zero-order valence-electron chi connectivity index (χ0n) is 13.4. The highest BCUT2D eigenvalue weighted by Gasteiger charge is 2.43. The molecular formula is C16H14N4O4S. The number of nitrogens with zero attached hydrogens (tertiary/aromatic N) is 2. The monoisotopic (exact) mass is 358 g/mol. The molecule has 2 N–H and O–H groups in total. The first-order chi connectivity index (χ1) is 11.9. The summed E-state index contributed by atoms with van der Waals surface area (Å²) in [6.07, 6.45) is 0. The number of ketones is 2. The number of rotatable bonds is 3. The summed E-state index contributed by atoms with van der Waals surface area (Å²) in [7, 11) is 0. The van der Waals surface area contributed by atoms with E-state index in [1.165, 1.54) is 25.2 Å². The van der Waals surface area contributed by atoms with Crippen LogP contribution < -0.4 is 10.6 Å². The summed E-state index contributed by atoms with van der Waals surface area (Å²) >= 11 is 1.28. The van der Waals surface area contributed by atoms with Crippen LogP contribution in [0, 0.1) is 11.8 Å². The van der Waals surface area contributed by atoms with Gasteiger partial charge in [-0.2, -0.15) is 4.99 Å². The zero-order chi connectivity index (χ0) is 18.1. The minimum Gasteiger partial charge on any atom is -0.299 e. The summed E-state index contributed by atoms with van der Waals surface area (Å²) in [5.74, 6) is -5.51. The fourth-order valence-electron chi connectivity index (χ4n) is 2.62. The van der Waals surface area contributed by atoms with Crippen LogP contribution in [0.2, 0.25) is 0 Å². The van der Waals surface area contributed by atoms with Crippen LogP contribution >= 0.6 is 11.3 Å². The number of Topliss-reactive ketones (excluding diaryl/α,β-unsaturated/α-hetero) is 2. The number of aromatic nitrogens is 1. The first-order valence-corrected chi connectivity index (χ1v) is 8.25. The van der Waals surface area contributed by atoms with Gasteiger partial charge in [0.05, 0.1) is 10.2 Å². The summed E-state index contributed by atoms with van der Waals surface area (Å²) in [5.41, 5.74) is 0.737. The van der Waals surface area contributed by atoms with Crippen molar-refractivity contribution in [3.8, 4) is 0 Å². The van der Waals surface area contributed by atoms with E-state index in [1.807, 2.05) is 24.3 Å². The molecule has 1 saturated heterocycles. The number of carbonyl (C=O) groups is 4. The molecule has 0 spiro atoms. The van der Waals surface area contributed by atoms with E-state index < -0.39 is 35.2 Å². The van der Waals surface area contributed by atoms with Gasteiger partial charge >= 0.3 is 0 Å². The normalized spacial score (nSPS) is 22.4. The summed E-state index contributed by atoms with van der Waals surface area (Å²) in [6, 6.07) is 7.39. The van der Waals surface area contributed by atoms with Gasteiger partial charge < -0.3 is 0 Å². The zero-order valence-corrected chi connectivity index (χ0v) is 14.2. The van der Waals surface area contributed by atoms with E-state index >= 15 is 0 Å². The molecule has 0 aliphatic carbocycles. The van der Waals surface area contributed by atoms with E-state index in [0.717, 1.165) is 10.2 Å². The number of guanidine groups is 1. The Labute approximate surface area is 146 Å². The van der Waals surface area contributed by atoms with Gasteiger partial charge in [-0.05, 0) is 26.0 Å². The van der Waals surface area contributed by atoms with Crippen LogP contribution in [0.1, 0.15) is 13.8 Å². The molecule has 0 unspecified atom stereocenters. The van der Waals surface area contributed by atoms with E-state index in [4.69, 9.17) is 0 Å². The van der Waals surface area contributed by atoms with Gasteiger partial charge in [0.2, 0.25) is 22.9 Å². The first kappa shape index (κ1) is 16.9. The second-order valence-corrected chi connectivity index (χ2v) is 6.59. The van der Waals surface area contributed by atoms with Crippen molar-refractivity contribution >= 4 is 56.0 Å². The Kier molecular flexibility index (Phi) is 4.41. The minimum absolute atomic E-state index is 0.149. The molecule has 8 nitrogen and oxygen atoms in total. The van der Waals surface area contributed by atoms with E-state index in [9.17, 15) is 19.2 Å². The number of carbonyl (C=O) groups excluding carboxylic acids is 4. The lowest BCUT2D eigenvalue weighted by atomic mass is 9.85. The van der Waals surface area contributed by atoms with Gasteiger partial charge in [0.15, 0.2) is 0 Å². The van der Waals surface area contributed by atoms with E-state index in [0.29, 0.717) is 5.13 Å². The Bertz CT molecular complexity index is 864. The summed E-state index contributed by atoms with van der Waals surface area (Å²) < 4.78 is 0.899. The quantitative estimate of drug-likeness (QED) is 0.792. The molecule has 0 saturated carbocycles. The molecule has 2 atom stereocenters. The molecule has 25 heavy (non-hydrogen) atoms. The number of amides is 2. The van der Waals surface area contributed by atoms with Gasteiger partial charge in [-0.1, -0.05) is 23.5 Å². The SMILES string of the molecule is CC(=O)[C@@H]1C(=O)NC(=Nc2nc3ccccc3s2)NC(=O)[C@@H]1C(C)=O. The van der Waals surface area contributed by atoms with Crippen LogP contribution in [0.5, 0.6) is 0 Å². The van der Waals surface area contributed by atoms with Gasteiger partial charge in [-0.15, -0.1) is 0 Å². The third-order valence-corrected chi connectivity index (χ3v) is 4.68. The number of benzene rings is 1. The van der Waals surface area contributed by atoms with Crippen LogP contribution in [0.15, 0.2) is 29.3 Å². The van der Waals surface area contributed by atoms with E-state index in [-0.39, 0.29) is 5.96 Å². The Hall–Kier alpha value is -2.94. The molecule has 1 aromatic carbocycles. The van der Waals surface area contributed by atoms with Crippen LogP contribution in [0.4, 0.5) is 5.13 Å². The maximum Gasteiger partial charge on any atom is 0.238 e. The number of thiazole rings is 1. The van der Waals surface area contributed by atoms with Crippen molar-refractivity contribution < 1.29 is 19.2 Å². The van der Waals surface area contributed by atoms with Crippen molar-refractivity contribution in [1.29, 1.82) is 0 Å². The Morgan fingerprint density at radius 2 is 1.60 bits per heavy atom. The number of fused-ring (bicyclic) bond motifs is 1. The van der Waals surface area contributed by atoms with Gasteiger partial charge in [-0.25, -0.2) is 4.98 Å². The van der Waals surface area contributed by atoms with Crippen molar-refractivity contribution in [3.63, 3.8) is 0 Å². The first-order valence-electron chi connectivity index (χ1n) is 7.43. The second kappa shape index (κ2) is 6.52. The van der Waals surface area contributed by atoms with Crippen molar-refractivity contribution in [2.24, 2.45) is 16.8 Å². The Morgan fingerprint density at radius 1 is 1.04 bits per heavy atom. The molecule has 0 bridgehead atoms. The third-order valence-electron chi connectivity index (χ3n) is 3.75. The highest BCUT2D eigenvalue weighted by atomic mass is 32.1. The van der Waals surface area contributed by atoms with Crippen LogP contribution in [-0.2, 0) is 19.2 Å². The molecule has 128 valence electrons. The predicted octanol–water partition coefficient (Wildman–Crippen LogP) is 0.940. The average Bonchev–Trinajstić information content (AvgIpc) is 2.87. The largest absolute Gasteiger partial charge is 0.299 e. The van der Waals surface area contributed by atoms with Crippen molar-refractivity contribution in [1.82, 2.24) is 15.6 Å². The third kappa shape index (κ3) is 3.31. The van der Waals surface area contributed by atoms with E-state index in [2.05, 4.69) is 20.6 Å². The lowest BCUT2D eigenvalue weighted by molar-refractivity contribution is -0.144. The lowest BCUT2D eigenvalue weighted by Crippen LogP contribution is -2.41. The maximum absolute atomic E-state index is 12.3. The molecule has 1 aromatic heterocycles. The molecule has 9 heteroatoms. The number of aliphatic imine (C=N–C) groups is 1. The van der Waals surface area contributed by atoms with Gasteiger partial charge in [0.25, 0.3) is 0 Å². The summed E-state index contributed by atoms with van der Waals surface area (Å²) in [4.78, 5) is 56.6. The fraction of sp³-hybridized carbons (Fsp3) is 0.250. The van der Waals surface area contributed by atoms with Gasteiger partial charge in [-0.3, -0.25) is 29.8 Å². The highest BCUT2D eigenvalue weighted by Crippen LogP contribution is 2.27. The molecular weight excluding hydrogens is 344 g/mol. The molecule has 2 heterocycles. The van der Waals surface area contributed by atoms with Crippen LogP contribution in [-0.4, -0.2) is 34.3 Å². The number of para-hydroxylation sites is 1. The van der Waals surface area contributed by atoms with Crippen LogP contribution in [0.25, 0.3) is 10.2 Å². The predicted molar refractivity (Wildman–Crippen MR) is 91.3 cm³/mol. The Balaban J connectivity index is 1.98. The van der Waals surface area contributed by atoms with Crippen molar-refractivity contribution in [3.05, 3.63) is 24.3 Å².